The molecule has 160 valence electrons. The highest BCUT2D eigenvalue weighted by Gasteiger charge is 2.50. The number of aromatic nitrogens is 2. The number of rotatable bonds is 5. The van der Waals surface area contributed by atoms with Crippen LogP contribution in [0.3, 0.4) is 0 Å². The van der Waals surface area contributed by atoms with Crippen LogP contribution in [0, 0.1) is 23.2 Å². The molecule has 3 heterocycles. The predicted octanol–water partition coefficient (Wildman–Crippen LogP) is 4.39. The summed E-state index contributed by atoms with van der Waals surface area (Å²) in [6, 6.07) is 2.22. The number of carbonyl (C=O) groups is 1. The fourth-order valence-corrected chi connectivity index (χ4v) is 7.75. The summed E-state index contributed by atoms with van der Waals surface area (Å²) < 4.78 is 2.11. The molecule has 6 heteroatoms. The predicted molar refractivity (Wildman–Crippen MR) is 119 cm³/mol. The quantitative estimate of drug-likeness (QED) is 0.745. The highest BCUT2D eigenvalue weighted by molar-refractivity contribution is 6.36. The van der Waals surface area contributed by atoms with E-state index in [1.54, 1.807) is 12.3 Å². The monoisotopic (exact) mass is 426 g/mol. The van der Waals surface area contributed by atoms with E-state index in [4.69, 9.17) is 11.6 Å². The van der Waals surface area contributed by atoms with Crippen molar-refractivity contribution in [2.75, 3.05) is 13.1 Å². The van der Waals surface area contributed by atoms with E-state index in [-0.39, 0.29) is 5.91 Å². The lowest BCUT2D eigenvalue weighted by Crippen LogP contribution is -2.51. The first-order chi connectivity index (χ1) is 14.6. The van der Waals surface area contributed by atoms with E-state index in [0.717, 1.165) is 54.8 Å². The van der Waals surface area contributed by atoms with E-state index in [1.807, 2.05) is 6.20 Å². The van der Waals surface area contributed by atoms with Gasteiger partial charge in [-0.1, -0.05) is 11.6 Å². The van der Waals surface area contributed by atoms with Crippen molar-refractivity contribution in [3.63, 3.8) is 0 Å². The van der Waals surface area contributed by atoms with Gasteiger partial charge >= 0.3 is 0 Å². The molecule has 1 saturated heterocycles. The molecule has 7 rings (SSSR count). The number of amides is 1. The summed E-state index contributed by atoms with van der Waals surface area (Å²) in [7, 11) is 0. The molecule has 2 aromatic rings. The average Bonchev–Trinajstić information content (AvgIpc) is 3.35. The number of carbonyl (C=O) groups excluding carboxylic acids is 1. The number of nitrogens with zero attached hydrogens (tertiary/aromatic N) is 2. The Morgan fingerprint density at radius 1 is 1.23 bits per heavy atom. The van der Waals surface area contributed by atoms with Gasteiger partial charge in [-0.15, -0.1) is 0 Å². The molecule has 4 bridgehead atoms. The number of fused-ring (bicyclic) bond motifs is 1. The minimum absolute atomic E-state index is 0.00350. The Balaban J connectivity index is 1.24. The maximum atomic E-state index is 13.3. The number of halogens is 1. The number of hydrogen-bond donors (Lipinski definition) is 2. The summed E-state index contributed by atoms with van der Waals surface area (Å²) >= 11 is 6.54. The first-order valence-corrected chi connectivity index (χ1v) is 12.1. The van der Waals surface area contributed by atoms with E-state index < -0.39 is 0 Å². The first kappa shape index (κ1) is 19.1. The molecule has 5 fully saturated rings. The molecule has 4 aliphatic carbocycles. The van der Waals surface area contributed by atoms with Gasteiger partial charge in [0.2, 0.25) is 0 Å². The summed E-state index contributed by atoms with van der Waals surface area (Å²) in [5, 5.41) is 8.27. The third-order valence-electron chi connectivity index (χ3n) is 8.32. The number of pyridine rings is 1. The van der Waals surface area contributed by atoms with E-state index >= 15 is 0 Å². The highest BCUT2D eigenvalue weighted by atomic mass is 35.5. The zero-order valence-electron chi connectivity index (χ0n) is 17.5. The van der Waals surface area contributed by atoms with Crippen LogP contribution in [0.1, 0.15) is 61.7 Å². The standard InChI is InChI=1S/C24H31ClN4O/c25-20-3-5-27-22-21(20)19(13-29(22)12-18-2-1-4-26-18)23(30)28-14-24-9-15-6-16(10-24)8-17(7-15)11-24/h3,5,13,15-18,26H,1-2,4,6-12,14H2,(H,28,30)/t15?,16?,17?,18-,24?/m0/s1. The molecular weight excluding hydrogens is 396 g/mol. The first-order valence-electron chi connectivity index (χ1n) is 11.7. The summed E-state index contributed by atoms with van der Waals surface area (Å²) in [6.45, 7) is 2.70. The van der Waals surface area contributed by atoms with Crippen LogP contribution in [-0.2, 0) is 6.54 Å². The third-order valence-corrected chi connectivity index (χ3v) is 8.63. The van der Waals surface area contributed by atoms with Crippen molar-refractivity contribution in [3.8, 4) is 0 Å². The average molecular weight is 427 g/mol. The molecule has 0 unspecified atom stereocenters. The van der Waals surface area contributed by atoms with Gasteiger partial charge in [0.15, 0.2) is 0 Å². The Kier molecular flexibility index (Phi) is 4.61. The second-order valence-corrected chi connectivity index (χ2v) is 11.0. The van der Waals surface area contributed by atoms with Crippen LogP contribution in [0.25, 0.3) is 11.0 Å². The molecule has 0 aromatic carbocycles. The van der Waals surface area contributed by atoms with E-state index in [9.17, 15) is 4.79 Å². The highest BCUT2D eigenvalue weighted by Crippen LogP contribution is 2.59. The number of hydrogen-bond acceptors (Lipinski definition) is 3. The van der Waals surface area contributed by atoms with Gasteiger partial charge in [-0.25, -0.2) is 4.98 Å². The van der Waals surface area contributed by atoms with E-state index in [1.165, 1.54) is 44.9 Å². The zero-order chi connectivity index (χ0) is 20.3. The van der Waals surface area contributed by atoms with Crippen LogP contribution in [0.2, 0.25) is 5.02 Å². The van der Waals surface area contributed by atoms with Crippen molar-refractivity contribution in [3.05, 3.63) is 29.0 Å². The second-order valence-electron chi connectivity index (χ2n) is 10.6. The van der Waals surface area contributed by atoms with Gasteiger partial charge < -0.3 is 15.2 Å². The molecule has 2 aromatic heterocycles. The maximum Gasteiger partial charge on any atom is 0.253 e. The Bertz CT molecular complexity index is 942. The minimum atomic E-state index is 0.00350. The molecule has 30 heavy (non-hydrogen) atoms. The Morgan fingerprint density at radius 3 is 2.63 bits per heavy atom. The lowest BCUT2D eigenvalue weighted by molar-refractivity contribution is -0.0503. The van der Waals surface area contributed by atoms with Crippen molar-refractivity contribution in [1.29, 1.82) is 0 Å². The summed E-state index contributed by atoms with van der Waals surface area (Å²) in [5.41, 5.74) is 1.82. The van der Waals surface area contributed by atoms with Crippen LogP contribution in [0.15, 0.2) is 18.5 Å². The lowest BCUT2D eigenvalue weighted by atomic mass is 9.49. The molecular formula is C24H31ClN4O. The van der Waals surface area contributed by atoms with Crippen molar-refractivity contribution >= 4 is 28.5 Å². The van der Waals surface area contributed by atoms with Gasteiger partial charge in [-0.3, -0.25) is 4.79 Å². The van der Waals surface area contributed by atoms with E-state index in [2.05, 4.69) is 20.2 Å². The summed E-state index contributed by atoms with van der Waals surface area (Å²) in [4.78, 5) is 17.9. The van der Waals surface area contributed by atoms with Gasteiger partial charge in [-0.05, 0) is 87.1 Å². The van der Waals surface area contributed by atoms with Crippen LogP contribution >= 0.6 is 11.6 Å². The maximum absolute atomic E-state index is 13.3. The molecule has 1 aliphatic heterocycles. The summed E-state index contributed by atoms with van der Waals surface area (Å²) in [5.74, 6) is 2.69. The van der Waals surface area contributed by atoms with Crippen molar-refractivity contribution in [2.24, 2.45) is 23.2 Å². The fraction of sp³-hybridized carbons (Fsp3) is 0.667. The van der Waals surface area contributed by atoms with E-state index in [0.29, 0.717) is 22.0 Å². The minimum Gasteiger partial charge on any atom is -0.351 e. The Hall–Kier alpha value is -1.59. The normalized spacial score (nSPS) is 34.7. The lowest BCUT2D eigenvalue weighted by Gasteiger charge is -2.56. The summed E-state index contributed by atoms with van der Waals surface area (Å²) in [6.07, 6.45) is 14.3. The Morgan fingerprint density at radius 2 is 1.97 bits per heavy atom. The van der Waals surface area contributed by atoms with Crippen LogP contribution < -0.4 is 10.6 Å². The molecule has 5 nitrogen and oxygen atoms in total. The topological polar surface area (TPSA) is 59.0 Å². The van der Waals surface area contributed by atoms with Gasteiger partial charge in [-0.2, -0.15) is 0 Å². The van der Waals surface area contributed by atoms with Crippen molar-refractivity contribution in [2.45, 2.75) is 64.0 Å². The molecule has 1 amide bonds. The third kappa shape index (κ3) is 3.25. The largest absolute Gasteiger partial charge is 0.351 e. The second kappa shape index (κ2) is 7.23. The zero-order valence-corrected chi connectivity index (χ0v) is 18.3. The van der Waals surface area contributed by atoms with Crippen molar-refractivity contribution < 1.29 is 4.79 Å². The van der Waals surface area contributed by atoms with Gasteiger partial charge in [0.1, 0.15) is 5.65 Å². The fourth-order valence-electron chi connectivity index (χ4n) is 7.51. The molecule has 0 spiro atoms. The smallest absolute Gasteiger partial charge is 0.253 e. The van der Waals surface area contributed by atoms with Crippen molar-refractivity contribution in [1.82, 2.24) is 20.2 Å². The molecule has 4 saturated carbocycles. The SMILES string of the molecule is O=C(NCC12CC3CC(CC(C3)C1)C2)c1cn(C[C@@H]2CCCN2)c2nccc(Cl)c12. The van der Waals surface area contributed by atoms with Crippen LogP contribution in [0.5, 0.6) is 0 Å². The molecule has 2 N–H and O–H groups in total. The van der Waals surface area contributed by atoms with Crippen LogP contribution in [0.4, 0.5) is 0 Å². The van der Waals surface area contributed by atoms with Gasteiger partial charge in [0.25, 0.3) is 5.91 Å². The van der Waals surface area contributed by atoms with Gasteiger partial charge in [0, 0.05) is 31.5 Å². The molecule has 0 radical (unpaired) electrons. The van der Waals surface area contributed by atoms with Crippen LogP contribution in [-0.4, -0.2) is 34.6 Å². The molecule has 1 atom stereocenters. The number of nitrogens with one attached hydrogen (secondary N) is 2. The molecule has 5 aliphatic rings. The Labute approximate surface area is 182 Å². The van der Waals surface area contributed by atoms with Gasteiger partial charge in [0.05, 0.1) is 16.0 Å².